The van der Waals surface area contributed by atoms with E-state index < -0.39 is 5.97 Å². The fourth-order valence-electron chi connectivity index (χ4n) is 0.844. The van der Waals surface area contributed by atoms with Gasteiger partial charge in [-0.05, 0) is 0 Å². The molecule has 4 nitrogen and oxygen atoms in total. The minimum Gasteiger partial charge on any atom is -0.464 e. The van der Waals surface area contributed by atoms with Crippen LogP contribution in [0, 0.1) is 11.8 Å². The zero-order valence-corrected chi connectivity index (χ0v) is 8.39. The van der Waals surface area contributed by atoms with Crippen molar-refractivity contribution < 1.29 is 9.53 Å². The minimum absolute atomic E-state index is 0.273. The second-order valence-electron chi connectivity index (χ2n) is 2.39. The molecule has 1 rings (SSSR count). The van der Waals surface area contributed by atoms with Crippen molar-refractivity contribution >= 4 is 17.6 Å². The Labute approximate surface area is 86.6 Å². The van der Waals surface area contributed by atoms with Crippen molar-refractivity contribution in [2.24, 2.45) is 0 Å². The molecule has 1 aromatic heterocycles. The lowest BCUT2D eigenvalue weighted by atomic mass is 10.2. The van der Waals surface area contributed by atoms with Crippen LogP contribution in [0.2, 0.25) is 0 Å². The number of rotatable bonds is 2. The summed E-state index contributed by atoms with van der Waals surface area (Å²) in [6.45, 7) is 0. The first-order chi connectivity index (χ1) is 6.79. The number of aromatic amines is 1. The van der Waals surface area contributed by atoms with Crippen molar-refractivity contribution in [1.29, 1.82) is 0 Å². The summed E-state index contributed by atoms with van der Waals surface area (Å²) < 4.78 is 4.54. The summed E-state index contributed by atoms with van der Waals surface area (Å²) in [5.41, 5.74) is 0.802. The lowest BCUT2D eigenvalue weighted by molar-refractivity contribution is 0.0593. The van der Waals surface area contributed by atoms with E-state index in [2.05, 4.69) is 26.8 Å². The van der Waals surface area contributed by atoms with Crippen LogP contribution >= 0.6 is 11.6 Å². The van der Waals surface area contributed by atoms with Crippen LogP contribution in [-0.4, -0.2) is 29.2 Å². The van der Waals surface area contributed by atoms with Crippen molar-refractivity contribution in [2.45, 2.75) is 6.42 Å². The van der Waals surface area contributed by atoms with Crippen molar-refractivity contribution in [2.75, 3.05) is 13.0 Å². The molecule has 0 saturated heterocycles. The van der Waals surface area contributed by atoms with E-state index in [4.69, 9.17) is 11.6 Å². The summed E-state index contributed by atoms with van der Waals surface area (Å²) in [6.07, 6.45) is 2.06. The van der Waals surface area contributed by atoms with Crippen molar-refractivity contribution in [3.63, 3.8) is 0 Å². The van der Waals surface area contributed by atoms with Crippen molar-refractivity contribution in [1.82, 2.24) is 10.2 Å². The average Bonchev–Trinajstić information content (AvgIpc) is 2.65. The summed E-state index contributed by atoms with van der Waals surface area (Å²) in [6, 6.07) is 0. The highest BCUT2D eigenvalue weighted by Crippen LogP contribution is 2.03. The zero-order chi connectivity index (χ0) is 10.4. The molecule has 0 bridgehead atoms. The highest BCUT2D eigenvalue weighted by Gasteiger charge is 2.11. The second-order valence-corrected chi connectivity index (χ2v) is 2.77. The van der Waals surface area contributed by atoms with E-state index in [1.807, 2.05) is 0 Å². The first-order valence-electron chi connectivity index (χ1n) is 3.96. The van der Waals surface area contributed by atoms with E-state index in [1.54, 1.807) is 0 Å². The van der Waals surface area contributed by atoms with Gasteiger partial charge in [0.25, 0.3) is 0 Å². The number of hydrogen-bond acceptors (Lipinski definition) is 3. The first kappa shape index (κ1) is 10.6. The number of H-pyrrole nitrogens is 1. The number of halogens is 1. The predicted octanol–water partition coefficient (Wildman–Crippen LogP) is 1.18. The molecule has 1 N–H and O–H groups in total. The molecule has 5 heteroatoms. The van der Waals surface area contributed by atoms with Crippen LogP contribution in [0.25, 0.3) is 0 Å². The molecule has 0 aliphatic carbocycles. The molecule has 0 spiro atoms. The highest BCUT2D eigenvalue weighted by atomic mass is 35.5. The van der Waals surface area contributed by atoms with Gasteiger partial charge >= 0.3 is 5.97 Å². The fourth-order valence-corrected chi connectivity index (χ4v) is 0.938. The molecule has 0 fully saturated rings. The summed E-state index contributed by atoms with van der Waals surface area (Å²) >= 11 is 5.45. The largest absolute Gasteiger partial charge is 0.464 e. The Morgan fingerprint density at radius 3 is 3.21 bits per heavy atom. The van der Waals surface area contributed by atoms with Crippen LogP contribution in [0.3, 0.4) is 0 Å². The minimum atomic E-state index is -0.474. The SMILES string of the molecule is COC(=O)c1[nH]ncc1C#CCCCl. The maximum atomic E-state index is 11.1. The van der Waals surface area contributed by atoms with Crippen LogP contribution in [-0.2, 0) is 4.74 Å². The van der Waals surface area contributed by atoms with Gasteiger partial charge in [-0.15, -0.1) is 11.6 Å². The van der Waals surface area contributed by atoms with Gasteiger partial charge in [-0.25, -0.2) is 4.79 Å². The number of carbonyl (C=O) groups is 1. The van der Waals surface area contributed by atoms with Crippen LogP contribution in [0.4, 0.5) is 0 Å². The van der Waals surface area contributed by atoms with E-state index in [9.17, 15) is 4.79 Å². The number of nitrogens with one attached hydrogen (secondary N) is 1. The third kappa shape index (κ3) is 2.51. The monoisotopic (exact) mass is 212 g/mol. The molecule has 0 aromatic carbocycles. The topological polar surface area (TPSA) is 55.0 Å². The molecular formula is C9H9ClN2O2. The number of aromatic nitrogens is 2. The predicted molar refractivity (Wildman–Crippen MR) is 52.1 cm³/mol. The van der Waals surface area contributed by atoms with Crippen LogP contribution in [0.15, 0.2) is 6.20 Å². The van der Waals surface area contributed by atoms with E-state index in [1.165, 1.54) is 13.3 Å². The highest BCUT2D eigenvalue weighted by molar-refractivity contribution is 6.18. The van der Waals surface area contributed by atoms with Gasteiger partial charge in [-0.2, -0.15) is 5.10 Å². The quantitative estimate of drug-likeness (QED) is 0.455. The molecule has 74 valence electrons. The van der Waals surface area contributed by atoms with Crippen LogP contribution in [0.1, 0.15) is 22.5 Å². The Balaban J connectivity index is 2.84. The number of esters is 1. The molecule has 1 heterocycles. The Morgan fingerprint density at radius 1 is 1.79 bits per heavy atom. The van der Waals surface area contributed by atoms with Crippen molar-refractivity contribution in [3.05, 3.63) is 17.5 Å². The van der Waals surface area contributed by atoms with E-state index in [-0.39, 0.29) is 5.69 Å². The number of methoxy groups -OCH3 is 1. The van der Waals surface area contributed by atoms with E-state index in [0.29, 0.717) is 17.9 Å². The third-order valence-electron chi connectivity index (χ3n) is 1.47. The number of nitrogens with zero attached hydrogens (tertiary/aromatic N) is 1. The molecule has 0 saturated carbocycles. The summed E-state index contributed by atoms with van der Waals surface area (Å²) in [5, 5.41) is 6.23. The number of hydrogen-bond donors (Lipinski definition) is 1. The lowest BCUT2D eigenvalue weighted by Crippen LogP contribution is -2.03. The Hall–Kier alpha value is -1.47. The van der Waals surface area contributed by atoms with Gasteiger partial charge in [-0.1, -0.05) is 11.8 Å². The van der Waals surface area contributed by atoms with Crippen LogP contribution < -0.4 is 0 Å². The van der Waals surface area contributed by atoms with E-state index in [0.717, 1.165) is 0 Å². The molecule has 0 aliphatic rings. The van der Waals surface area contributed by atoms with Crippen LogP contribution in [0.5, 0.6) is 0 Å². The summed E-state index contributed by atoms with van der Waals surface area (Å²) in [5.74, 6) is 5.58. The van der Waals surface area contributed by atoms with Gasteiger partial charge in [0.15, 0.2) is 5.69 Å². The number of carbonyl (C=O) groups excluding carboxylic acids is 1. The molecule has 0 amide bonds. The third-order valence-corrected chi connectivity index (χ3v) is 1.66. The van der Waals surface area contributed by atoms with Gasteiger partial charge < -0.3 is 4.74 Å². The molecular weight excluding hydrogens is 204 g/mol. The molecule has 1 aromatic rings. The number of alkyl halides is 1. The van der Waals surface area contributed by atoms with Crippen molar-refractivity contribution in [3.8, 4) is 11.8 Å². The molecule has 0 atom stereocenters. The van der Waals surface area contributed by atoms with Gasteiger partial charge in [0.2, 0.25) is 0 Å². The fraction of sp³-hybridized carbons (Fsp3) is 0.333. The normalized spacial score (nSPS) is 9.00. The molecule has 0 unspecified atom stereocenters. The van der Waals surface area contributed by atoms with Gasteiger partial charge in [-0.3, -0.25) is 5.10 Å². The van der Waals surface area contributed by atoms with Gasteiger partial charge in [0, 0.05) is 12.3 Å². The zero-order valence-electron chi connectivity index (χ0n) is 7.63. The molecule has 0 radical (unpaired) electrons. The first-order valence-corrected chi connectivity index (χ1v) is 4.49. The lowest BCUT2D eigenvalue weighted by Gasteiger charge is -1.93. The Bertz CT molecular complexity index is 376. The smallest absolute Gasteiger partial charge is 0.357 e. The maximum Gasteiger partial charge on any atom is 0.357 e. The second kappa shape index (κ2) is 5.30. The number of ether oxygens (including phenoxy) is 1. The Kier molecular flexibility index (Phi) is 4.02. The summed E-state index contributed by atoms with van der Waals surface area (Å²) in [7, 11) is 1.30. The Morgan fingerprint density at radius 2 is 2.57 bits per heavy atom. The maximum absolute atomic E-state index is 11.1. The standard InChI is InChI=1S/C9H9ClN2O2/c1-14-9(13)8-7(6-11-12-8)4-2-3-5-10/h6H,3,5H2,1H3,(H,11,12). The average molecular weight is 213 g/mol. The summed E-state index contributed by atoms with van der Waals surface area (Å²) in [4.78, 5) is 11.1. The van der Waals surface area contributed by atoms with Gasteiger partial charge in [0.1, 0.15) is 0 Å². The van der Waals surface area contributed by atoms with Gasteiger partial charge in [0.05, 0.1) is 18.9 Å². The van der Waals surface area contributed by atoms with E-state index >= 15 is 0 Å². The molecule has 0 aliphatic heterocycles. The molecule has 14 heavy (non-hydrogen) atoms.